The van der Waals surface area contributed by atoms with E-state index >= 15 is 0 Å². The maximum absolute atomic E-state index is 4.42. The van der Waals surface area contributed by atoms with Crippen LogP contribution in [0.1, 0.15) is 19.8 Å². The average Bonchev–Trinajstić information content (AvgIpc) is 2.83. The molecule has 0 bridgehead atoms. The highest BCUT2D eigenvalue weighted by Gasteiger charge is 2.29. The molecule has 7 heteroatoms. The van der Waals surface area contributed by atoms with Crippen molar-refractivity contribution in [2.24, 2.45) is 0 Å². The van der Waals surface area contributed by atoms with E-state index < -0.39 is 0 Å². The Labute approximate surface area is 118 Å². The second-order valence-electron chi connectivity index (χ2n) is 5.18. The molecule has 0 saturated carbocycles. The molecule has 2 heterocycles. The van der Waals surface area contributed by atoms with Gasteiger partial charge in [0.1, 0.15) is 0 Å². The molecule has 2 N–H and O–H groups in total. The predicted molar refractivity (Wildman–Crippen MR) is 82.3 cm³/mol. The first-order valence-electron chi connectivity index (χ1n) is 6.51. The first-order valence-corrected chi connectivity index (χ1v) is 7.50. The molecule has 1 aromatic rings. The number of anilines is 3. The first-order chi connectivity index (χ1) is 9.02. The van der Waals surface area contributed by atoms with Gasteiger partial charge in [-0.05, 0) is 25.5 Å². The number of hydrogen-bond donors (Lipinski definition) is 2. The minimum atomic E-state index is 0.296. The van der Waals surface area contributed by atoms with E-state index in [0.717, 1.165) is 6.54 Å². The van der Waals surface area contributed by atoms with Crippen molar-refractivity contribution in [3.05, 3.63) is 0 Å². The van der Waals surface area contributed by atoms with E-state index in [1.54, 1.807) is 0 Å². The Hall–Kier alpha value is -1.24. The molecule has 1 atom stereocenters. The standard InChI is InChI=1S/C12H22N6S/c1-12(6-5-7-19-12)8-14-10-15-9(13-2)16-11(17-10)18(3)4/h5-8H2,1-4H3,(H2,13,14,15,16,17). The zero-order valence-electron chi connectivity index (χ0n) is 12.0. The van der Waals surface area contributed by atoms with Gasteiger partial charge in [-0.3, -0.25) is 0 Å². The topological polar surface area (TPSA) is 66.0 Å². The van der Waals surface area contributed by atoms with Gasteiger partial charge in [-0.15, -0.1) is 0 Å². The maximum Gasteiger partial charge on any atom is 0.231 e. The summed E-state index contributed by atoms with van der Waals surface area (Å²) in [6.07, 6.45) is 2.54. The lowest BCUT2D eigenvalue weighted by molar-refractivity contribution is 0.632. The molecule has 0 aliphatic carbocycles. The molecule has 19 heavy (non-hydrogen) atoms. The van der Waals surface area contributed by atoms with Gasteiger partial charge in [0.05, 0.1) is 0 Å². The fraction of sp³-hybridized carbons (Fsp3) is 0.750. The Morgan fingerprint density at radius 2 is 2.00 bits per heavy atom. The first kappa shape index (κ1) is 14.2. The third kappa shape index (κ3) is 3.62. The molecule has 0 spiro atoms. The van der Waals surface area contributed by atoms with Crippen LogP contribution < -0.4 is 15.5 Å². The Morgan fingerprint density at radius 1 is 1.26 bits per heavy atom. The lowest BCUT2D eigenvalue weighted by Crippen LogP contribution is -2.28. The van der Waals surface area contributed by atoms with Crippen LogP contribution in [0.25, 0.3) is 0 Å². The number of nitrogens with one attached hydrogen (secondary N) is 2. The van der Waals surface area contributed by atoms with Crippen LogP contribution in [-0.2, 0) is 0 Å². The highest BCUT2D eigenvalue weighted by molar-refractivity contribution is 8.00. The summed E-state index contributed by atoms with van der Waals surface area (Å²) < 4.78 is 0.296. The quantitative estimate of drug-likeness (QED) is 0.851. The molecule has 1 aromatic heterocycles. The van der Waals surface area contributed by atoms with Crippen LogP contribution in [0.4, 0.5) is 17.8 Å². The van der Waals surface area contributed by atoms with Gasteiger partial charge >= 0.3 is 0 Å². The highest BCUT2D eigenvalue weighted by atomic mass is 32.2. The van der Waals surface area contributed by atoms with Crippen molar-refractivity contribution in [3.8, 4) is 0 Å². The van der Waals surface area contributed by atoms with Gasteiger partial charge < -0.3 is 15.5 Å². The summed E-state index contributed by atoms with van der Waals surface area (Å²) in [6.45, 7) is 3.18. The van der Waals surface area contributed by atoms with Crippen LogP contribution in [0.2, 0.25) is 0 Å². The molecule has 0 amide bonds. The smallest absolute Gasteiger partial charge is 0.231 e. The van der Waals surface area contributed by atoms with Gasteiger partial charge in [0, 0.05) is 32.4 Å². The molecule has 1 saturated heterocycles. The van der Waals surface area contributed by atoms with Gasteiger partial charge in [0.25, 0.3) is 0 Å². The molecule has 0 aromatic carbocycles. The largest absolute Gasteiger partial charge is 0.357 e. The van der Waals surface area contributed by atoms with Crippen molar-refractivity contribution in [1.82, 2.24) is 15.0 Å². The zero-order valence-corrected chi connectivity index (χ0v) is 12.8. The molecule has 2 rings (SSSR count). The zero-order chi connectivity index (χ0) is 13.9. The Kier molecular flexibility index (Phi) is 4.34. The normalized spacial score (nSPS) is 22.3. The Morgan fingerprint density at radius 3 is 2.58 bits per heavy atom. The van der Waals surface area contributed by atoms with Crippen LogP contribution in [-0.4, -0.2) is 53.1 Å². The van der Waals surface area contributed by atoms with E-state index in [2.05, 4.69) is 32.5 Å². The second-order valence-corrected chi connectivity index (χ2v) is 6.87. The summed E-state index contributed by atoms with van der Waals surface area (Å²) in [6, 6.07) is 0. The van der Waals surface area contributed by atoms with Crippen LogP contribution >= 0.6 is 11.8 Å². The van der Waals surface area contributed by atoms with Crippen LogP contribution in [0, 0.1) is 0 Å². The summed E-state index contributed by atoms with van der Waals surface area (Å²) in [7, 11) is 5.66. The van der Waals surface area contributed by atoms with Gasteiger partial charge in [-0.25, -0.2) is 0 Å². The van der Waals surface area contributed by atoms with Gasteiger partial charge in [-0.1, -0.05) is 0 Å². The van der Waals surface area contributed by atoms with Crippen molar-refractivity contribution in [3.63, 3.8) is 0 Å². The fourth-order valence-corrected chi connectivity index (χ4v) is 3.24. The minimum Gasteiger partial charge on any atom is -0.357 e. The summed E-state index contributed by atoms with van der Waals surface area (Å²) in [5.41, 5.74) is 0. The van der Waals surface area contributed by atoms with Crippen LogP contribution in [0.3, 0.4) is 0 Å². The van der Waals surface area contributed by atoms with E-state index in [0.29, 0.717) is 22.6 Å². The van der Waals surface area contributed by atoms with Gasteiger partial charge in [-0.2, -0.15) is 26.7 Å². The van der Waals surface area contributed by atoms with E-state index in [1.165, 1.54) is 18.6 Å². The Bertz CT molecular complexity index is 430. The molecule has 1 fully saturated rings. The predicted octanol–water partition coefficient (Wildman–Crippen LogP) is 1.68. The summed E-state index contributed by atoms with van der Waals surface area (Å²) in [4.78, 5) is 14.9. The Balaban J connectivity index is 2.08. The van der Waals surface area contributed by atoms with Crippen molar-refractivity contribution >= 4 is 29.6 Å². The van der Waals surface area contributed by atoms with Crippen molar-refractivity contribution in [2.45, 2.75) is 24.5 Å². The van der Waals surface area contributed by atoms with E-state index in [1.807, 2.05) is 37.8 Å². The van der Waals surface area contributed by atoms with E-state index in [9.17, 15) is 0 Å². The molecule has 6 nitrogen and oxygen atoms in total. The molecule has 1 unspecified atom stereocenters. The third-order valence-electron chi connectivity index (χ3n) is 3.17. The molecule has 0 radical (unpaired) electrons. The fourth-order valence-electron chi connectivity index (χ4n) is 2.00. The summed E-state index contributed by atoms with van der Waals surface area (Å²) >= 11 is 2.02. The highest BCUT2D eigenvalue weighted by Crippen LogP contribution is 2.37. The van der Waals surface area contributed by atoms with Crippen molar-refractivity contribution in [1.29, 1.82) is 0 Å². The number of nitrogens with zero attached hydrogens (tertiary/aromatic N) is 4. The SMILES string of the molecule is CNc1nc(NCC2(C)CCCS2)nc(N(C)C)n1. The molecule has 106 valence electrons. The number of rotatable bonds is 5. The maximum atomic E-state index is 4.42. The molecule has 1 aliphatic heterocycles. The molecular weight excluding hydrogens is 260 g/mol. The van der Waals surface area contributed by atoms with E-state index in [4.69, 9.17) is 0 Å². The van der Waals surface area contributed by atoms with Crippen LogP contribution in [0.15, 0.2) is 0 Å². The van der Waals surface area contributed by atoms with Crippen molar-refractivity contribution < 1.29 is 0 Å². The van der Waals surface area contributed by atoms with E-state index in [-0.39, 0.29) is 0 Å². The lowest BCUT2D eigenvalue weighted by atomic mass is 10.1. The monoisotopic (exact) mass is 282 g/mol. The second kappa shape index (κ2) is 5.81. The van der Waals surface area contributed by atoms with Crippen LogP contribution in [0.5, 0.6) is 0 Å². The number of aromatic nitrogens is 3. The average molecular weight is 282 g/mol. The molecule has 1 aliphatic rings. The summed E-state index contributed by atoms with van der Waals surface area (Å²) in [5.74, 6) is 3.13. The number of hydrogen-bond acceptors (Lipinski definition) is 7. The van der Waals surface area contributed by atoms with Gasteiger partial charge in [0.2, 0.25) is 17.8 Å². The third-order valence-corrected chi connectivity index (χ3v) is 4.71. The number of thioether (sulfide) groups is 1. The summed E-state index contributed by atoms with van der Waals surface area (Å²) in [5, 5.41) is 6.31. The van der Waals surface area contributed by atoms with Gasteiger partial charge in [0.15, 0.2) is 0 Å². The van der Waals surface area contributed by atoms with Crippen molar-refractivity contribution in [2.75, 3.05) is 49.0 Å². The lowest BCUT2D eigenvalue weighted by Gasteiger charge is -2.23. The minimum absolute atomic E-state index is 0.296. The molecular formula is C12H22N6S.